The summed E-state index contributed by atoms with van der Waals surface area (Å²) in [6.45, 7) is 4.57. The van der Waals surface area contributed by atoms with Gasteiger partial charge in [-0.2, -0.15) is 0 Å². The zero-order valence-corrected chi connectivity index (χ0v) is 12.4. The Morgan fingerprint density at radius 2 is 2.06 bits per heavy atom. The predicted molar refractivity (Wildman–Crippen MR) is 81.5 cm³/mol. The molecule has 1 unspecified atom stereocenters. The summed E-state index contributed by atoms with van der Waals surface area (Å²) in [6, 6.07) is 6.42. The molecule has 0 aliphatic heterocycles. The molecule has 0 saturated heterocycles. The summed E-state index contributed by atoms with van der Waals surface area (Å²) in [4.78, 5) is 0. The maximum absolute atomic E-state index is 3.69. The Kier molecular flexibility index (Phi) is 2.82. The van der Waals surface area contributed by atoms with Crippen LogP contribution >= 0.6 is 15.9 Å². The van der Waals surface area contributed by atoms with Gasteiger partial charge in [0.2, 0.25) is 0 Å². The highest BCUT2D eigenvalue weighted by molar-refractivity contribution is 9.10. The molecule has 1 aromatic carbocycles. The Labute approximate surface area is 117 Å². The maximum atomic E-state index is 3.69. The van der Waals surface area contributed by atoms with E-state index >= 15 is 0 Å². The summed E-state index contributed by atoms with van der Waals surface area (Å²) in [6.07, 6.45) is 12.7. The lowest BCUT2D eigenvalue weighted by Crippen LogP contribution is -2.11. The van der Waals surface area contributed by atoms with Crippen molar-refractivity contribution >= 4 is 22.0 Å². The summed E-state index contributed by atoms with van der Waals surface area (Å²) >= 11 is 3.69. The van der Waals surface area contributed by atoms with Crippen molar-refractivity contribution in [1.29, 1.82) is 0 Å². The third-order valence-corrected chi connectivity index (χ3v) is 4.51. The smallest absolute Gasteiger partial charge is 0.0286 e. The van der Waals surface area contributed by atoms with Crippen molar-refractivity contribution in [2.75, 3.05) is 0 Å². The van der Waals surface area contributed by atoms with Crippen LogP contribution < -0.4 is 0 Å². The third kappa shape index (κ3) is 2.01. The third-order valence-electron chi connectivity index (χ3n) is 3.82. The van der Waals surface area contributed by atoms with Gasteiger partial charge in [-0.25, -0.2) is 0 Å². The summed E-state index contributed by atoms with van der Waals surface area (Å²) in [5.41, 5.74) is 4.49. The first-order valence-corrected chi connectivity index (χ1v) is 7.22. The molecule has 0 heterocycles. The van der Waals surface area contributed by atoms with Gasteiger partial charge in [0, 0.05) is 10.4 Å². The fraction of sp³-hybridized carbons (Fsp3) is 0.294. The molecule has 0 radical (unpaired) electrons. The van der Waals surface area contributed by atoms with Crippen molar-refractivity contribution in [2.45, 2.75) is 26.2 Å². The van der Waals surface area contributed by atoms with E-state index in [0.717, 1.165) is 6.42 Å². The molecule has 0 nitrogen and oxygen atoms in total. The molecule has 0 amide bonds. The Morgan fingerprint density at radius 3 is 2.78 bits per heavy atom. The highest BCUT2D eigenvalue weighted by Crippen LogP contribution is 2.42. The number of halogens is 1. The first-order chi connectivity index (χ1) is 8.57. The largest absolute Gasteiger partial charge is 0.0795 e. The van der Waals surface area contributed by atoms with Gasteiger partial charge in [-0.3, -0.25) is 0 Å². The molecule has 3 rings (SSSR count). The second-order valence-corrected chi connectivity index (χ2v) is 6.66. The molecule has 0 N–H and O–H groups in total. The first-order valence-electron chi connectivity index (χ1n) is 6.43. The molecule has 92 valence electrons. The van der Waals surface area contributed by atoms with Gasteiger partial charge in [0.05, 0.1) is 0 Å². The molecule has 1 atom stereocenters. The Balaban J connectivity index is 1.97. The SMILES string of the molecule is CC1(C)C=CC(C2C=Cc3cccc(Br)c32)=CC1. The topological polar surface area (TPSA) is 0 Å². The van der Waals surface area contributed by atoms with Crippen LogP contribution in [0.4, 0.5) is 0 Å². The second-order valence-electron chi connectivity index (χ2n) is 5.81. The summed E-state index contributed by atoms with van der Waals surface area (Å²) < 4.78 is 1.22. The van der Waals surface area contributed by atoms with Crippen LogP contribution in [0, 0.1) is 5.41 Å². The minimum absolute atomic E-state index is 0.308. The molecule has 0 fully saturated rings. The number of hydrogen-bond donors (Lipinski definition) is 0. The molecule has 2 aliphatic carbocycles. The van der Waals surface area contributed by atoms with Crippen LogP contribution in [-0.4, -0.2) is 0 Å². The van der Waals surface area contributed by atoms with Crippen molar-refractivity contribution in [3.8, 4) is 0 Å². The predicted octanol–water partition coefficient (Wildman–Crippen LogP) is 5.47. The van der Waals surface area contributed by atoms with Gasteiger partial charge in [-0.1, -0.05) is 72.3 Å². The lowest BCUT2D eigenvalue weighted by Gasteiger charge is -2.25. The molecule has 1 aromatic rings. The molecule has 0 aromatic heterocycles. The fourth-order valence-electron chi connectivity index (χ4n) is 2.67. The molecule has 0 spiro atoms. The summed E-state index contributed by atoms with van der Waals surface area (Å²) in [5, 5.41) is 0. The molecule has 1 heteroatoms. The summed E-state index contributed by atoms with van der Waals surface area (Å²) in [5.74, 6) is 0.419. The van der Waals surface area contributed by atoms with Crippen molar-refractivity contribution in [1.82, 2.24) is 0 Å². The van der Waals surface area contributed by atoms with E-state index in [-0.39, 0.29) is 0 Å². The van der Waals surface area contributed by atoms with E-state index in [2.05, 4.69) is 78.4 Å². The Bertz CT molecular complexity index is 573. The van der Waals surface area contributed by atoms with Crippen LogP contribution in [0.25, 0.3) is 6.08 Å². The van der Waals surface area contributed by atoms with Crippen molar-refractivity contribution in [3.05, 3.63) is 63.7 Å². The van der Waals surface area contributed by atoms with E-state index in [4.69, 9.17) is 0 Å². The van der Waals surface area contributed by atoms with Crippen LogP contribution in [0.1, 0.15) is 37.3 Å². The molecular weight excluding hydrogens is 284 g/mol. The Hall–Kier alpha value is -1.08. The quantitative estimate of drug-likeness (QED) is 0.645. The van der Waals surface area contributed by atoms with E-state index < -0.39 is 0 Å². The van der Waals surface area contributed by atoms with Crippen LogP contribution in [0.3, 0.4) is 0 Å². The van der Waals surface area contributed by atoms with E-state index in [0.29, 0.717) is 11.3 Å². The van der Waals surface area contributed by atoms with E-state index in [1.165, 1.54) is 21.2 Å². The number of benzene rings is 1. The molecule has 0 bridgehead atoms. The van der Waals surface area contributed by atoms with Crippen molar-refractivity contribution in [2.24, 2.45) is 5.41 Å². The van der Waals surface area contributed by atoms with Gasteiger partial charge in [0.25, 0.3) is 0 Å². The van der Waals surface area contributed by atoms with Gasteiger partial charge in [-0.15, -0.1) is 0 Å². The number of allylic oxidation sites excluding steroid dienone is 5. The van der Waals surface area contributed by atoms with Gasteiger partial charge in [0.15, 0.2) is 0 Å². The lowest BCUT2D eigenvalue weighted by molar-refractivity contribution is 0.480. The average Bonchev–Trinajstić information content (AvgIpc) is 2.74. The highest BCUT2D eigenvalue weighted by Gasteiger charge is 2.25. The number of rotatable bonds is 1. The number of hydrogen-bond acceptors (Lipinski definition) is 0. The molecular formula is C17H17Br. The maximum Gasteiger partial charge on any atom is 0.0286 e. The van der Waals surface area contributed by atoms with Crippen LogP contribution in [0.2, 0.25) is 0 Å². The summed E-state index contributed by atoms with van der Waals surface area (Å²) in [7, 11) is 0. The van der Waals surface area contributed by atoms with Gasteiger partial charge in [-0.05, 0) is 34.6 Å². The minimum atomic E-state index is 0.308. The Morgan fingerprint density at radius 1 is 1.22 bits per heavy atom. The van der Waals surface area contributed by atoms with Crippen LogP contribution in [0.15, 0.2) is 52.5 Å². The zero-order valence-electron chi connectivity index (χ0n) is 10.8. The standard InChI is InChI=1S/C17H17Br/c1-17(2)10-8-12(9-11-17)14-7-6-13-4-3-5-15(18)16(13)14/h3-10,14H,11H2,1-2H3. The molecule has 0 saturated carbocycles. The normalized spacial score (nSPS) is 23.9. The minimum Gasteiger partial charge on any atom is -0.0795 e. The second kappa shape index (κ2) is 4.24. The molecule has 18 heavy (non-hydrogen) atoms. The highest BCUT2D eigenvalue weighted by atomic mass is 79.9. The van der Waals surface area contributed by atoms with Crippen molar-refractivity contribution in [3.63, 3.8) is 0 Å². The number of fused-ring (bicyclic) bond motifs is 1. The van der Waals surface area contributed by atoms with E-state index in [1.807, 2.05) is 0 Å². The molecule has 2 aliphatic rings. The van der Waals surface area contributed by atoms with Crippen molar-refractivity contribution < 1.29 is 0 Å². The monoisotopic (exact) mass is 300 g/mol. The lowest BCUT2D eigenvalue weighted by atomic mass is 9.80. The fourth-order valence-corrected chi connectivity index (χ4v) is 3.30. The van der Waals surface area contributed by atoms with Gasteiger partial charge >= 0.3 is 0 Å². The van der Waals surface area contributed by atoms with Gasteiger partial charge < -0.3 is 0 Å². The average molecular weight is 301 g/mol. The first kappa shape index (κ1) is 12.0. The zero-order chi connectivity index (χ0) is 12.8. The van der Waals surface area contributed by atoms with Crippen LogP contribution in [-0.2, 0) is 0 Å². The van der Waals surface area contributed by atoms with Gasteiger partial charge in [0.1, 0.15) is 0 Å². The van der Waals surface area contributed by atoms with E-state index in [1.54, 1.807) is 0 Å². The van der Waals surface area contributed by atoms with Crippen LogP contribution in [0.5, 0.6) is 0 Å². The van der Waals surface area contributed by atoms with E-state index in [9.17, 15) is 0 Å².